The van der Waals surface area contributed by atoms with Crippen molar-refractivity contribution in [1.29, 1.82) is 0 Å². The second-order valence-electron chi connectivity index (χ2n) is 5.07. The van der Waals surface area contributed by atoms with Gasteiger partial charge in [0.1, 0.15) is 11.6 Å². The van der Waals surface area contributed by atoms with Crippen molar-refractivity contribution in [2.45, 2.75) is 51.7 Å². The van der Waals surface area contributed by atoms with Gasteiger partial charge in [-0.2, -0.15) is 0 Å². The second kappa shape index (κ2) is 7.70. The van der Waals surface area contributed by atoms with Gasteiger partial charge in [-0.05, 0) is 43.5 Å². The van der Waals surface area contributed by atoms with Crippen molar-refractivity contribution in [3.8, 4) is 0 Å². The lowest BCUT2D eigenvalue weighted by molar-refractivity contribution is -0.0468. The quantitative estimate of drug-likeness (QED) is 0.786. The zero-order valence-electron chi connectivity index (χ0n) is 12.8. The third-order valence-corrected chi connectivity index (χ3v) is 4.05. The zero-order valence-corrected chi connectivity index (χ0v) is 12.8. The Hall–Kier alpha value is -1.00. The molecule has 4 heteroatoms. The first-order valence-electron chi connectivity index (χ1n) is 7.24. The first-order chi connectivity index (χ1) is 9.51. The summed E-state index contributed by atoms with van der Waals surface area (Å²) in [7, 11) is 1.70. The summed E-state index contributed by atoms with van der Waals surface area (Å²) in [4.78, 5) is 0. The molecule has 1 aromatic carbocycles. The van der Waals surface area contributed by atoms with E-state index in [2.05, 4.69) is 19.2 Å². The Morgan fingerprint density at radius 1 is 1.10 bits per heavy atom. The van der Waals surface area contributed by atoms with Crippen LogP contribution in [0.3, 0.4) is 0 Å². The summed E-state index contributed by atoms with van der Waals surface area (Å²) in [6.45, 7) is 6.95. The van der Waals surface area contributed by atoms with Crippen LogP contribution in [0.25, 0.3) is 0 Å². The number of ether oxygens (including phenoxy) is 1. The van der Waals surface area contributed by atoms with E-state index in [0.717, 1.165) is 25.5 Å². The average Bonchev–Trinajstić information content (AvgIpc) is 2.40. The topological polar surface area (TPSA) is 21.3 Å². The van der Waals surface area contributed by atoms with E-state index < -0.39 is 11.6 Å². The van der Waals surface area contributed by atoms with Crippen molar-refractivity contribution in [1.82, 2.24) is 5.32 Å². The maximum Gasteiger partial charge on any atom is 0.126 e. The zero-order chi connectivity index (χ0) is 15.2. The summed E-state index contributed by atoms with van der Waals surface area (Å²) in [6.07, 6.45) is 2.23. The van der Waals surface area contributed by atoms with Crippen molar-refractivity contribution in [3.05, 3.63) is 35.4 Å². The fourth-order valence-electron chi connectivity index (χ4n) is 2.83. The van der Waals surface area contributed by atoms with E-state index in [1.165, 1.54) is 12.1 Å². The number of hydrogen-bond acceptors (Lipinski definition) is 2. The van der Waals surface area contributed by atoms with Crippen molar-refractivity contribution in [2.24, 2.45) is 0 Å². The third-order valence-electron chi connectivity index (χ3n) is 4.05. The number of likely N-dealkylation sites (N-methyl/N-ethyl adjacent to an activating group) is 1. The van der Waals surface area contributed by atoms with Gasteiger partial charge >= 0.3 is 0 Å². The Labute approximate surface area is 120 Å². The largest absolute Gasteiger partial charge is 0.377 e. The molecule has 1 atom stereocenters. The molecule has 0 saturated carbocycles. The fourth-order valence-corrected chi connectivity index (χ4v) is 2.83. The SMILES string of the molecule is CCNC(Cc1cc(F)cc(F)c1)C(CC)(CC)OC. The minimum atomic E-state index is -0.536. The van der Waals surface area contributed by atoms with E-state index in [-0.39, 0.29) is 11.6 Å². The number of hydrogen-bond donors (Lipinski definition) is 1. The average molecular weight is 285 g/mol. The Morgan fingerprint density at radius 3 is 2.05 bits per heavy atom. The molecule has 1 N–H and O–H groups in total. The number of rotatable bonds is 8. The van der Waals surface area contributed by atoms with Crippen LogP contribution in [0.4, 0.5) is 8.78 Å². The molecule has 2 nitrogen and oxygen atoms in total. The van der Waals surface area contributed by atoms with Gasteiger partial charge in [-0.15, -0.1) is 0 Å². The molecule has 0 aliphatic carbocycles. The Bertz CT molecular complexity index is 390. The summed E-state index contributed by atoms with van der Waals surface area (Å²) in [5.41, 5.74) is 0.329. The van der Waals surface area contributed by atoms with Crippen LogP contribution >= 0.6 is 0 Å². The van der Waals surface area contributed by atoms with Crippen LogP contribution in [0.2, 0.25) is 0 Å². The van der Waals surface area contributed by atoms with Crippen molar-refractivity contribution < 1.29 is 13.5 Å². The predicted octanol–water partition coefficient (Wildman–Crippen LogP) is 3.69. The van der Waals surface area contributed by atoms with E-state index in [4.69, 9.17) is 4.74 Å². The Balaban J connectivity index is 3.01. The van der Waals surface area contributed by atoms with Gasteiger partial charge in [0.2, 0.25) is 0 Å². The normalized spacial score (nSPS) is 13.5. The van der Waals surface area contributed by atoms with Crippen molar-refractivity contribution in [2.75, 3.05) is 13.7 Å². The smallest absolute Gasteiger partial charge is 0.126 e. The van der Waals surface area contributed by atoms with Gasteiger partial charge in [0, 0.05) is 19.2 Å². The lowest BCUT2D eigenvalue weighted by Crippen LogP contribution is -2.52. The lowest BCUT2D eigenvalue weighted by atomic mass is 9.84. The number of nitrogens with one attached hydrogen (secondary N) is 1. The number of halogens is 2. The minimum Gasteiger partial charge on any atom is -0.377 e. The van der Waals surface area contributed by atoms with Gasteiger partial charge in [-0.25, -0.2) is 8.78 Å². The molecule has 1 rings (SSSR count). The van der Waals surface area contributed by atoms with Gasteiger partial charge in [-0.1, -0.05) is 20.8 Å². The molecule has 20 heavy (non-hydrogen) atoms. The molecule has 1 unspecified atom stereocenters. The van der Waals surface area contributed by atoms with Gasteiger partial charge in [0.25, 0.3) is 0 Å². The van der Waals surface area contributed by atoms with Crippen molar-refractivity contribution in [3.63, 3.8) is 0 Å². The van der Waals surface area contributed by atoms with Crippen LogP contribution in [0.15, 0.2) is 18.2 Å². The second-order valence-corrected chi connectivity index (χ2v) is 5.07. The van der Waals surface area contributed by atoms with Gasteiger partial charge in [-0.3, -0.25) is 0 Å². The Kier molecular flexibility index (Phi) is 6.56. The van der Waals surface area contributed by atoms with Crippen LogP contribution in [-0.4, -0.2) is 25.3 Å². The number of methoxy groups -OCH3 is 1. The summed E-state index contributed by atoms with van der Waals surface area (Å²) < 4.78 is 32.4. The highest BCUT2D eigenvalue weighted by Crippen LogP contribution is 2.27. The van der Waals surface area contributed by atoms with E-state index in [1.54, 1.807) is 7.11 Å². The molecular weight excluding hydrogens is 260 g/mol. The standard InChI is InChI=1S/C16H25F2NO/c1-5-16(6-2,20-4)15(19-7-3)10-12-8-13(17)11-14(18)9-12/h8-9,11,15,19H,5-7,10H2,1-4H3. The van der Waals surface area contributed by atoms with Crippen LogP contribution in [-0.2, 0) is 11.2 Å². The van der Waals surface area contributed by atoms with Crippen LogP contribution in [0.5, 0.6) is 0 Å². The van der Waals surface area contributed by atoms with Gasteiger partial charge < -0.3 is 10.1 Å². The molecule has 0 fully saturated rings. The molecular formula is C16H25F2NO. The molecule has 0 heterocycles. The van der Waals surface area contributed by atoms with E-state index in [9.17, 15) is 8.78 Å². The first-order valence-corrected chi connectivity index (χ1v) is 7.24. The first kappa shape index (κ1) is 17.1. The van der Waals surface area contributed by atoms with Gasteiger partial charge in [0.05, 0.1) is 5.60 Å². The molecule has 0 amide bonds. The van der Waals surface area contributed by atoms with Crippen LogP contribution < -0.4 is 5.32 Å². The third kappa shape index (κ3) is 4.00. The summed E-state index contributed by atoms with van der Waals surface area (Å²) in [6, 6.07) is 3.70. The minimum absolute atomic E-state index is 0.0219. The molecule has 1 aromatic rings. The molecule has 0 aliphatic heterocycles. The molecule has 0 spiro atoms. The van der Waals surface area contributed by atoms with Crippen LogP contribution in [0.1, 0.15) is 39.2 Å². The summed E-state index contributed by atoms with van der Waals surface area (Å²) >= 11 is 0. The Morgan fingerprint density at radius 2 is 1.65 bits per heavy atom. The summed E-state index contributed by atoms with van der Waals surface area (Å²) in [5.74, 6) is -1.07. The fraction of sp³-hybridized carbons (Fsp3) is 0.625. The van der Waals surface area contributed by atoms with E-state index in [1.807, 2.05) is 6.92 Å². The monoisotopic (exact) mass is 285 g/mol. The summed E-state index contributed by atoms with van der Waals surface area (Å²) in [5, 5.41) is 3.39. The van der Waals surface area contributed by atoms with Crippen molar-refractivity contribution >= 4 is 0 Å². The molecule has 0 bridgehead atoms. The predicted molar refractivity (Wildman–Crippen MR) is 77.8 cm³/mol. The molecule has 0 aliphatic rings. The molecule has 0 radical (unpaired) electrons. The maximum absolute atomic E-state index is 13.3. The number of benzene rings is 1. The lowest BCUT2D eigenvalue weighted by Gasteiger charge is -2.39. The maximum atomic E-state index is 13.3. The molecule has 0 aromatic heterocycles. The van der Waals surface area contributed by atoms with E-state index in [0.29, 0.717) is 12.0 Å². The molecule has 0 saturated heterocycles. The highest BCUT2D eigenvalue weighted by molar-refractivity contribution is 5.20. The molecule has 114 valence electrons. The van der Waals surface area contributed by atoms with Gasteiger partial charge in [0.15, 0.2) is 0 Å². The van der Waals surface area contributed by atoms with E-state index >= 15 is 0 Å². The highest BCUT2D eigenvalue weighted by Gasteiger charge is 2.35. The highest BCUT2D eigenvalue weighted by atomic mass is 19.1. The van der Waals surface area contributed by atoms with Crippen LogP contribution in [0, 0.1) is 11.6 Å².